The van der Waals surface area contributed by atoms with Crippen molar-refractivity contribution in [3.8, 4) is 0 Å². The van der Waals surface area contributed by atoms with Crippen LogP contribution in [0.1, 0.15) is 17.4 Å². The smallest absolute Gasteiger partial charge is 0.261 e. The molecule has 1 atom stereocenters. The Morgan fingerprint density at radius 3 is 2.77 bits per heavy atom. The molecule has 1 fully saturated rings. The molecule has 156 valence electrons. The van der Waals surface area contributed by atoms with Gasteiger partial charge in [-0.1, -0.05) is 18.2 Å². The van der Waals surface area contributed by atoms with Crippen molar-refractivity contribution in [1.29, 1.82) is 0 Å². The number of rotatable bonds is 6. The highest BCUT2D eigenvalue weighted by atomic mass is 16.5. The molecule has 0 spiro atoms. The first-order chi connectivity index (χ1) is 14.6. The summed E-state index contributed by atoms with van der Waals surface area (Å²) in [6.45, 7) is 5.04. The quantitative estimate of drug-likeness (QED) is 0.662. The van der Waals surface area contributed by atoms with Crippen LogP contribution in [0.3, 0.4) is 0 Å². The molecular formula is C22H25N5O3. The van der Waals surface area contributed by atoms with E-state index in [1.807, 2.05) is 24.4 Å². The van der Waals surface area contributed by atoms with Crippen LogP contribution in [0.25, 0.3) is 10.9 Å². The second kappa shape index (κ2) is 9.15. The highest BCUT2D eigenvalue weighted by Gasteiger charge is 2.23. The van der Waals surface area contributed by atoms with Gasteiger partial charge in [0.1, 0.15) is 12.4 Å². The highest BCUT2D eigenvalue weighted by molar-refractivity contribution is 5.79. The number of nitrogens with one attached hydrogen (secondary N) is 1. The molecule has 2 aromatic heterocycles. The van der Waals surface area contributed by atoms with Gasteiger partial charge >= 0.3 is 0 Å². The average Bonchev–Trinajstić information content (AvgIpc) is 2.78. The third-order valence-corrected chi connectivity index (χ3v) is 5.40. The number of carbonyl (C=O) groups is 1. The molecule has 4 rings (SSSR count). The molecule has 1 aromatic carbocycles. The zero-order chi connectivity index (χ0) is 20.9. The van der Waals surface area contributed by atoms with Crippen LogP contribution in [0.5, 0.6) is 0 Å². The lowest BCUT2D eigenvalue weighted by Crippen LogP contribution is -2.44. The Hall–Kier alpha value is -3.10. The molecule has 3 heterocycles. The van der Waals surface area contributed by atoms with Crippen LogP contribution < -0.4 is 10.9 Å². The van der Waals surface area contributed by atoms with Crippen LogP contribution in [0.15, 0.2) is 53.6 Å². The van der Waals surface area contributed by atoms with Gasteiger partial charge in [0.25, 0.3) is 5.56 Å². The standard InChI is InChI=1S/C22H25N5O3/c1-16-25-19-7-3-2-6-18(19)22(29)27(16)15-21(28)24-14-20(17-5-4-8-23-13-17)26-9-11-30-12-10-26/h2-8,13,20H,9-12,14-15H2,1H3,(H,24,28)/t20-/m1/s1. The predicted molar refractivity (Wildman–Crippen MR) is 113 cm³/mol. The maximum atomic E-state index is 12.8. The van der Waals surface area contributed by atoms with Gasteiger partial charge in [-0.2, -0.15) is 0 Å². The number of aromatic nitrogens is 3. The lowest BCUT2D eigenvalue weighted by atomic mass is 10.1. The lowest BCUT2D eigenvalue weighted by molar-refractivity contribution is -0.122. The first-order valence-electron chi connectivity index (χ1n) is 10.1. The lowest BCUT2D eigenvalue weighted by Gasteiger charge is -2.34. The fourth-order valence-electron chi connectivity index (χ4n) is 3.80. The van der Waals surface area contributed by atoms with Gasteiger partial charge in [0, 0.05) is 32.0 Å². The average molecular weight is 407 g/mol. The molecule has 1 aliphatic rings. The maximum Gasteiger partial charge on any atom is 0.261 e. The van der Waals surface area contributed by atoms with E-state index in [-0.39, 0.29) is 24.1 Å². The van der Waals surface area contributed by atoms with Crippen molar-refractivity contribution >= 4 is 16.8 Å². The largest absolute Gasteiger partial charge is 0.379 e. The number of amides is 1. The van der Waals surface area contributed by atoms with Crippen LogP contribution in [0.2, 0.25) is 0 Å². The molecule has 0 saturated carbocycles. The monoisotopic (exact) mass is 407 g/mol. The van der Waals surface area contributed by atoms with Crippen LogP contribution in [0.4, 0.5) is 0 Å². The second-order valence-corrected chi connectivity index (χ2v) is 7.32. The molecule has 8 nitrogen and oxygen atoms in total. The number of para-hydroxylation sites is 1. The Balaban J connectivity index is 1.49. The maximum absolute atomic E-state index is 12.8. The van der Waals surface area contributed by atoms with Crippen molar-refractivity contribution in [1.82, 2.24) is 24.8 Å². The number of carbonyl (C=O) groups excluding carboxylic acids is 1. The van der Waals surface area contributed by atoms with E-state index >= 15 is 0 Å². The number of hydrogen-bond donors (Lipinski definition) is 1. The Morgan fingerprint density at radius 1 is 1.20 bits per heavy atom. The van der Waals surface area contributed by atoms with Crippen LogP contribution in [-0.4, -0.2) is 58.2 Å². The molecule has 0 radical (unpaired) electrons. The molecular weight excluding hydrogens is 382 g/mol. The molecule has 0 aliphatic carbocycles. The van der Waals surface area contributed by atoms with Gasteiger partial charge in [0.05, 0.1) is 30.2 Å². The summed E-state index contributed by atoms with van der Waals surface area (Å²) in [5.41, 5.74) is 1.48. The summed E-state index contributed by atoms with van der Waals surface area (Å²) in [7, 11) is 0. The SMILES string of the molecule is Cc1nc2ccccc2c(=O)n1CC(=O)NC[C@H](c1cccnc1)N1CCOCC1. The Morgan fingerprint density at radius 2 is 2.00 bits per heavy atom. The first-order valence-corrected chi connectivity index (χ1v) is 10.1. The number of aryl methyl sites for hydroxylation is 1. The van der Waals surface area contributed by atoms with E-state index in [1.54, 1.807) is 31.3 Å². The van der Waals surface area contributed by atoms with Crippen molar-refractivity contribution in [2.45, 2.75) is 19.5 Å². The van der Waals surface area contributed by atoms with Crippen molar-refractivity contribution in [3.63, 3.8) is 0 Å². The summed E-state index contributed by atoms with van der Waals surface area (Å²) >= 11 is 0. The topological polar surface area (TPSA) is 89.3 Å². The minimum absolute atomic E-state index is 0.000836. The number of nitrogens with zero attached hydrogens (tertiary/aromatic N) is 4. The Labute approximate surface area is 174 Å². The third kappa shape index (κ3) is 4.39. The highest BCUT2D eigenvalue weighted by Crippen LogP contribution is 2.20. The van der Waals surface area contributed by atoms with Crippen LogP contribution in [-0.2, 0) is 16.1 Å². The zero-order valence-corrected chi connectivity index (χ0v) is 17.0. The molecule has 1 aliphatic heterocycles. The number of fused-ring (bicyclic) bond motifs is 1. The Bertz CT molecular complexity index is 1080. The second-order valence-electron chi connectivity index (χ2n) is 7.32. The van der Waals surface area contributed by atoms with Crippen LogP contribution in [0, 0.1) is 6.92 Å². The summed E-state index contributed by atoms with van der Waals surface area (Å²) < 4.78 is 6.88. The Kier molecular flexibility index (Phi) is 6.15. The molecule has 1 saturated heterocycles. The van der Waals surface area contributed by atoms with Crippen molar-refractivity contribution < 1.29 is 9.53 Å². The van der Waals surface area contributed by atoms with Gasteiger partial charge in [-0.3, -0.25) is 24.0 Å². The fraction of sp³-hybridized carbons (Fsp3) is 0.364. The molecule has 3 aromatic rings. The minimum Gasteiger partial charge on any atom is -0.379 e. The van der Waals surface area contributed by atoms with Gasteiger partial charge in [-0.05, 0) is 30.7 Å². The van der Waals surface area contributed by atoms with Crippen molar-refractivity contribution in [2.75, 3.05) is 32.8 Å². The zero-order valence-electron chi connectivity index (χ0n) is 17.0. The number of hydrogen-bond acceptors (Lipinski definition) is 6. The number of pyridine rings is 1. The van der Waals surface area contributed by atoms with E-state index in [0.717, 1.165) is 18.7 Å². The number of ether oxygens (including phenoxy) is 1. The first kappa shape index (κ1) is 20.2. The molecule has 1 N–H and O–H groups in total. The summed E-state index contributed by atoms with van der Waals surface area (Å²) in [5.74, 6) is 0.297. The summed E-state index contributed by atoms with van der Waals surface area (Å²) in [4.78, 5) is 36.5. The van der Waals surface area contributed by atoms with Crippen molar-refractivity contribution in [2.24, 2.45) is 0 Å². The van der Waals surface area contributed by atoms with Gasteiger partial charge in [-0.25, -0.2) is 4.98 Å². The molecule has 1 amide bonds. The van der Waals surface area contributed by atoms with E-state index in [0.29, 0.717) is 36.5 Å². The number of benzene rings is 1. The third-order valence-electron chi connectivity index (χ3n) is 5.40. The van der Waals surface area contributed by atoms with Gasteiger partial charge in [0.2, 0.25) is 5.91 Å². The van der Waals surface area contributed by atoms with E-state index in [4.69, 9.17) is 4.74 Å². The van der Waals surface area contributed by atoms with Gasteiger partial charge in [0.15, 0.2) is 0 Å². The van der Waals surface area contributed by atoms with E-state index in [9.17, 15) is 9.59 Å². The minimum atomic E-state index is -0.223. The van der Waals surface area contributed by atoms with Crippen LogP contribution >= 0.6 is 0 Å². The van der Waals surface area contributed by atoms with E-state index < -0.39 is 0 Å². The molecule has 0 bridgehead atoms. The summed E-state index contributed by atoms with van der Waals surface area (Å²) in [5, 5.41) is 3.50. The fourth-order valence-corrected chi connectivity index (χ4v) is 3.80. The van der Waals surface area contributed by atoms with E-state index in [1.165, 1.54) is 4.57 Å². The van der Waals surface area contributed by atoms with Gasteiger partial charge < -0.3 is 10.1 Å². The summed E-state index contributed by atoms with van der Waals surface area (Å²) in [6.07, 6.45) is 3.56. The predicted octanol–water partition coefficient (Wildman–Crippen LogP) is 1.29. The summed E-state index contributed by atoms with van der Waals surface area (Å²) in [6, 6.07) is 11.1. The van der Waals surface area contributed by atoms with Gasteiger partial charge in [-0.15, -0.1) is 0 Å². The molecule has 30 heavy (non-hydrogen) atoms. The normalized spacial score (nSPS) is 15.8. The molecule has 8 heteroatoms. The van der Waals surface area contributed by atoms with E-state index in [2.05, 4.69) is 20.2 Å². The molecule has 0 unspecified atom stereocenters. The number of morpholine rings is 1. The van der Waals surface area contributed by atoms with Crippen molar-refractivity contribution in [3.05, 3.63) is 70.5 Å².